The average molecular weight is 338 g/mol. The molecule has 1 heterocycles. The van der Waals surface area contributed by atoms with Gasteiger partial charge >= 0.3 is 7.12 Å². The highest BCUT2D eigenvalue weighted by atomic mass is 16.7. The van der Waals surface area contributed by atoms with Crippen molar-refractivity contribution in [1.82, 2.24) is 0 Å². The molecule has 0 aromatic heterocycles. The molecule has 25 heavy (non-hydrogen) atoms. The molecule has 3 rings (SSSR count). The summed E-state index contributed by atoms with van der Waals surface area (Å²) >= 11 is 0. The van der Waals surface area contributed by atoms with Crippen LogP contribution in [0.1, 0.15) is 65.9 Å². The summed E-state index contributed by atoms with van der Waals surface area (Å²) in [5.41, 5.74) is 1.94. The number of rotatable bonds is 6. The van der Waals surface area contributed by atoms with Crippen molar-refractivity contribution in [2.45, 2.75) is 77.9 Å². The lowest BCUT2D eigenvalue weighted by Gasteiger charge is -2.32. The number of aryl methyl sites for hydroxylation is 1. The predicted octanol–water partition coefficient (Wildman–Crippen LogP) is 5.26. The van der Waals surface area contributed by atoms with Crippen LogP contribution in [0.15, 0.2) is 36.4 Å². The summed E-state index contributed by atoms with van der Waals surface area (Å²) in [6.07, 6.45) is 6.42. The molecule has 0 radical (unpaired) electrons. The molecule has 0 saturated carbocycles. The summed E-state index contributed by atoms with van der Waals surface area (Å²) in [6.45, 7) is 10.6. The van der Waals surface area contributed by atoms with Crippen molar-refractivity contribution < 1.29 is 9.31 Å². The third-order valence-electron chi connectivity index (χ3n) is 5.77. The second-order valence-corrected chi connectivity index (χ2v) is 8.34. The maximum absolute atomic E-state index is 6.18. The minimum Gasteiger partial charge on any atom is -0.399 e. The van der Waals surface area contributed by atoms with Gasteiger partial charge in [-0.05, 0) is 62.3 Å². The molecule has 1 aliphatic heterocycles. The topological polar surface area (TPSA) is 18.5 Å². The van der Waals surface area contributed by atoms with E-state index in [0.717, 1.165) is 5.46 Å². The minimum atomic E-state index is -0.297. The van der Waals surface area contributed by atoms with Gasteiger partial charge in [-0.3, -0.25) is 0 Å². The SMILES string of the molecule is CCCCCCc1ccc2cc(B3OC(C)(C)C(C)(C)O3)ccc2c1. The van der Waals surface area contributed by atoms with Crippen LogP contribution in [0.2, 0.25) is 0 Å². The van der Waals surface area contributed by atoms with E-state index in [4.69, 9.17) is 9.31 Å². The smallest absolute Gasteiger partial charge is 0.399 e. The van der Waals surface area contributed by atoms with Gasteiger partial charge in [-0.1, -0.05) is 62.6 Å². The highest BCUT2D eigenvalue weighted by Crippen LogP contribution is 2.36. The van der Waals surface area contributed by atoms with Crippen molar-refractivity contribution in [2.24, 2.45) is 0 Å². The van der Waals surface area contributed by atoms with E-state index in [1.165, 1.54) is 48.4 Å². The summed E-state index contributed by atoms with van der Waals surface area (Å²) in [5, 5.41) is 2.55. The third kappa shape index (κ3) is 3.93. The van der Waals surface area contributed by atoms with Crippen LogP contribution >= 0.6 is 0 Å². The third-order valence-corrected chi connectivity index (χ3v) is 5.77. The molecule has 0 atom stereocenters. The zero-order valence-corrected chi connectivity index (χ0v) is 16.4. The van der Waals surface area contributed by atoms with Crippen molar-refractivity contribution in [3.8, 4) is 0 Å². The summed E-state index contributed by atoms with van der Waals surface area (Å²) < 4.78 is 12.4. The molecule has 0 unspecified atom stereocenters. The molecule has 0 N–H and O–H groups in total. The van der Waals surface area contributed by atoms with Crippen molar-refractivity contribution in [1.29, 1.82) is 0 Å². The highest BCUT2D eigenvalue weighted by molar-refractivity contribution is 6.62. The Morgan fingerprint density at radius 2 is 1.44 bits per heavy atom. The molecule has 0 bridgehead atoms. The first-order valence-corrected chi connectivity index (χ1v) is 9.71. The monoisotopic (exact) mass is 338 g/mol. The normalized spacial score (nSPS) is 18.8. The van der Waals surface area contributed by atoms with E-state index in [9.17, 15) is 0 Å². The fraction of sp³-hybridized carbons (Fsp3) is 0.545. The molecule has 2 aromatic rings. The van der Waals surface area contributed by atoms with Gasteiger partial charge in [0.15, 0.2) is 0 Å². The molecule has 0 amide bonds. The van der Waals surface area contributed by atoms with Crippen molar-refractivity contribution in [2.75, 3.05) is 0 Å². The van der Waals surface area contributed by atoms with E-state index in [-0.39, 0.29) is 18.3 Å². The van der Waals surface area contributed by atoms with Gasteiger partial charge in [0.25, 0.3) is 0 Å². The van der Waals surface area contributed by atoms with E-state index in [2.05, 4.69) is 71.0 Å². The van der Waals surface area contributed by atoms with Crippen LogP contribution in [0, 0.1) is 0 Å². The van der Waals surface area contributed by atoms with E-state index in [1.54, 1.807) is 0 Å². The Kier molecular flexibility index (Phi) is 5.27. The fourth-order valence-electron chi connectivity index (χ4n) is 3.35. The Morgan fingerprint density at radius 1 is 0.800 bits per heavy atom. The van der Waals surface area contributed by atoms with E-state index in [1.807, 2.05) is 0 Å². The molecule has 1 aliphatic rings. The first-order chi connectivity index (χ1) is 11.8. The predicted molar refractivity (Wildman–Crippen MR) is 108 cm³/mol. The Labute approximate surface area is 153 Å². The van der Waals surface area contributed by atoms with Gasteiger partial charge in [0, 0.05) is 0 Å². The molecule has 1 fully saturated rings. The number of fused-ring (bicyclic) bond motifs is 1. The minimum absolute atomic E-state index is 0.289. The molecule has 134 valence electrons. The number of unbranched alkanes of at least 4 members (excludes halogenated alkanes) is 3. The number of hydrogen-bond donors (Lipinski definition) is 0. The van der Waals surface area contributed by atoms with Crippen molar-refractivity contribution in [3.63, 3.8) is 0 Å². The second kappa shape index (κ2) is 7.13. The van der Waals surface area contributed by atoms with Crippen LogP contribution in [-0.4, -0.2) is 18.3 Å². The molecule has 1 saturated heterocycles. The van der Waals surface area contributed by atoms with E-state index >= 15 is 0 Å². The molecule has 3 heteroatoms. The van der Waals surface area contributed by atoms with E-state index < -0.39 is 0 Å². The quantitative estimate of drug-likeness (QED) is 0.528. The van der Waals surface area contributed by atoms with Gasteiger partial charge in [-0.15, -0.1) is 0 Å². The number of benzene rings is 2. The van der Waals surface area contributed by atoms with Gasteiger partial charge in [0.2, 0.25) is 0 Å². The molecular formula is C22H31BO2. The summed E-state index contributed by atoms with van der Waals surface area (Å²) in [5.74, 6) is 0. The summed E-state index contributed by atoms with van der Waals surface area (Å²) in [7, 11) is -0.289. The first-order valence-electron chi connectivity index (χ1n) is 9.71. The highest BCUT2D eigenvalue weighted by Gasteiger charge is 2.51. The Hall–Kier alpha value is -1.32. The maximum atomic E-state index is 6.18. The van der Waals surface area contributed by atoms with E-state index in [0.29, 0.717) is 0 Å². The van der Waals surface area contributed by atoms with Gasteiger partial charge in [-0.2, -0.15) is 0 Å². The lowest BCUT2D eigenvalue weighted by molar-refractivity contribution is 0.00578. The first kappa shape index (κ1) is 18.5. The van der Waals surface area contributed by atoms with Gasteiger partial charge in [-0.25, -0.2) is 0 Å². The molecule has 0 spiro atoms. The van der Waals surface area contributed by atoms with Crippen LogP contribution < -0.4 is 5.46 Å². The Balaban J connectivity index is 1.75. The van der Waals surface area contributed by atoms with Crippen LogP contribution in [0.3, 0.4) is 0 Å². The van der Waals surface area contributed by atoms with Gasteiger partial charge < -0.3 is 9.31 Å². The number of hydrogen-bond acceptors (Lipinski definition) is 2. The van der Waals surface area contributed by atoms with Crippen LogP contribution in [0.25, 0.3) is 10.8 Å². The zero-order chi connectivity index (χ0) is 18.1. The van der Waals surface area contributed by atoms with Crippen molar-refractivity contribution in [3.05, 3.63) is 42.0 Å². The summed E-state index contributed by atoms with van der Waals surface area (Å²) in [6, 6.07) is 13.4. The molecule has 2 nitrogen and oxygen atoms in total. The van der Waals surface area contributed by atoms with Crippen LogP contribution in [0.4, 0.5) is 0 Å². The lowest BCUT2D eigenvalue weighted by atomic mass is 9.78. The fourth-order valence-corrected chi connectivity index (χ4v) is 3.35. The molecule has 2 aromatic carbocycles. The van der Waals surface area contributed by atoms with Gasteiger partial charge in [0.1, 0.15) is 0 Å². The summed E-state index contributed by atoms with van der Waals surface area (Å²) in [4.78, 5) is 0. The lowest BCUT2D eigenvalue weighted by Crippen LogP contribution is -2.41. The van der Waals surface area contributed by atoms with Gasteiger partial charge in [0.05, 0.1) is 11.2 Å². The Bertz CT molecular complexity index is 720. The van der Waals surface area contributed by atoms with Crippen LogP contribution in [0.5, 0.6) is 0 Å². The standard InChI is InChI=1S/C22H31BO2/c1-6-7-8-9-10-17-11-12-19-16-20(14-13-18(19)15-17)23-24-21(2,3)22(4,5)25-23/h11-16H,6-10H2,1-5H3. The van der Waals surface area contributed by atoms with Crippen LogP contribution in [-0.2, 0) is 15.7 Å². The zero-order valence-electron chi connectivity index (χ0n) is 16.4. The molecular weight excluding hydrogens is 307 g/mol. The van der Waals surface area contributed by atoms with Crippen molar-refractivity contribution >= 4 is 23.4 Å². The largest absolute Gasteiger partial charge is 0.494 e. The average Bonchev–Trinajstić information content (AvgIpc) is 2.79. The maximum Gasteiger partial charge on any atom is 0.494 e. The Morgan fingerprint density at radius 3 is 2.12 bits per heavy atom. The molecule has 0 aliphatic carbocycles. The second-order valence-electron chi connectivity index (χ2n) is 8.34.